The fraction of sp³-hybridized carbons (Fsp3) is 0.810. The first-order valence-electron chi connectivity index (χ1n) is 10.5. The summed E-state index contributed by atoms with van der Waals surface area (Å²) in [4.78, 5) is 26.6. The lowest BCUT2D eigenvalue weighted by atomic mass is 9.90. The van der Waals surface area contributed by atoms with Gasteiger partial charge in [0.1, 0.15) is 12.4 Å². The van der Waals surface area contributed by atoms with E-state index in [1.165, 1.54) is 0 Å². The number of aliphatic hydroxyl groups excluding tert-OH is 2. The molecule has 0 aromatic heterocycles. The van der Waals surface area contributed by atoms with Crippen LogP contribution in [0.2, 0.25) is 0 Å². The Kier molecular flexibility index (Phi) is 10.1. The van der Waals surface area contributed by atoms with Gasteiger partial charge in [-0.05, 0) is 6.42 Å². The van der Waals surface area contributed by atoms with E-state index < -0.39 is 30.0 Å². The zero-order valence-corrected chi connectivity index (χ0v) is 16.9. The molecular weight excluding hydrogens is 362 g/mol. The molecule has 1 aliphatic carbocycles. The second-order valence-electron chi connectivity index (χ2n) is 7.75. The van der Waals surface area contributed by atoms with Gasteiger partial charge in [0.2, 0.25) is 0 Å². The fourth-order valence-electron chi connectivity index (χ4n) is 3.80. The number of morpholine rings is 1. The van der Waals surface area contributed by atoms with E-state index in [2.05, 4.69) is 11.8 Å². The lowest BCUT2D eigenvalue weighted by Crippen LogP contribution is -2.38. The van der Waals surface area contributed by atoms with Crippen molar-refractivity contribution < 1.29 is 29.3 Å². The molecule has 7 nitrogen and oxygen atoms in total. The van der Waals surface area contributed by atoms with Crippen LogP contribution in [-0.2, 0) is 19.1 Å². The van der Waals surface area contributed by atoms with Gasteiger partial charge in [0.05, 0.1) is 31.8 Å². The zero-order chi connectivity index (χ0) is 20.4. The maximum absolute atomic E-state index is 12.2. The topological polar surface area (TPSA) is 96.3 Å². The number of ether oxygens (including phenoxy) is 2. The first kappa shape index (κ1) is 23.0. The molecule has 2 aliphatic rings. The van der Waals surface area contributed by atoms with Crippen molar-refractivity contribution in [1.82, 2.24) is 4.90 Å². The standard InChI is InChI=1S/C21H35NO6/c1-2-3-4-5-16(23)6-7-17-18(20(25)15-19(17)24)14-21(26)28-13-10-22-8-11-27-12-9-22/h6-7,16-19,23-24H,2-5,8-15H2,1H3/t16-,17+,18+,19+/m0/s1. The fourth-order valence-corrected chi connectivity index (χ4v) is 3.80. The summed E-state index contributed by atoms with van der Waals surface area (Å²) in [5.74, 6) is -1.56. The number of carbonyl (C=O) groups is 2. The van der Waals surface area contributed by atoms with Gasteiger partial charge < -0.3 is 19.7 Å². The predicted octanol–water partition coefficient (Wildman–Crippen LogP) is 1.32. The molecule has 0 spiro atoms. The normalized spacial score (nSPS) is 27.4. The zero-order valence-electron chi connectivity index (χ0n) is 16.9. The van der Waals surface area contributed by atoms with Crippen LogP contribution in [0.4, 0.5) is 0 Å². The Morgan fingerprint density at radius 3 is 2.82 bits per heavy atom. The minimum Gasteiger partial charge on any atom is -0.464 e. The van der Waals surface area contributed by atoms with Crippen LogP contribution in [0.25, 0.3) is 0 Å². The highest BCUT2D eigenvalue weighted by Crippen LogP contribution is 2.33. The van der Waals surface area contributed by atoms with Crippen molar-refractivity contribution in [2.24, 2.45) is 11.8 Å². The maximum atomic E-state index is 12.2. The summed E-state index contributed by atoms with van der Waals surface area (Å²) in [5.41, 5.74) is 0. The molecular formula is C21H35NO6. The number of unbranched alkanes of at least 4 members (excludes halogenated alkanes) is 2. The molecule has 4 atom stereocenters. The van der Waals surface area contributed by atoms with Crippen LogP contribution in [-0.4, -0.2) is 78.5 Å². The molecule has 0 aromatic rings. The first-order chi connectivity index (χ1) is 13.5. The van der Waals surface area contributed by atoms with Gasteiger partial charge in [-0.2, -0.15) is 0 Å². The molecule has 0 bridgehead atoms. The molecule has 1 saturated carbocycles. The number of aliphatic hydroxyl groups is 2. The van der Waals surface area contributed by atoms with E-state index >= 15 is 0 Å². The molecule has 160 valence electrons. The molecule has 0 radical (unpaired) electrons. The van der Waals surface area contributed by atoms with Crippen molar-refractivity contribution in [3.63, 3.8) is 0 Å². The number of carbonyl (C=O) groups excluding carboxylic acids is 2. The van der Waals surface area contributed by atoms with Gasteiger partial charge in [-0.1, -0.05) is 38.3 Å². The Morgan fingerprint density at radius 1 is 1.36 bits per heavy atom. The molecule has 0 amide bonds. The van der Waals surface area contributed by atoms with E-state index in [9.17, 15) is 19.8 Å². The predicted molar refractivity (Wildman–Crippen MR) is 105 cm³/mol. The van der Waals surface area contributed by atoms with Crippen molar-refractivity contribution in [2.45, 2.75) is 57.7 Å². The van der Waals surface area contributed by atoms with E-state index in [1.54, 1.807) is 12.2 Å². The van der Waals surface area contributed by atoms with Crippen LogP contribution < -0.4 is 0 Å². The summed E-state index contributed by atoms with van der Waals surface area (Å²) >= 11 is 0. The molecule has 1 heterocycles. The molecule has 0 aromatic carbocycles. The number of nitrogens with zero attached hydrogens (tertiary/aromatic N) is 1. The minimum atomic E-state index is -0.808. The van der Waals surface area contributed by atoms with Gasteiger partial charge in [-0.15, -0.1) is 0 Å². The summed E-state index contributed by atoms with van der Waals surface area (Å²) in [6.07, 6.45) is 5.73. The third-order valence-corrected chi connectivity index (χ3v) is 5.55. The Bertz CT molecular complexity index is 517. The molecule has 1 aliphatic heterocycles. The number of ketones is 1. The van der Waals surface area contributed by atoms with Gasteiger partial charge in [0.15, 0.2) is 0 Å². The Hall–Kier alpha value is -1.28. The highest BCUT2D eigenvalue weighted by molar-refractivity contribution is 5.88. The number of hydrogen-bond donors (Lipinski definition) is 2. The third kappa shape index (κ3) is 7.62. The molecule has 2 fully saturated rings. The van der Waals surface area contributed by atoms with Crippen LogP contribution in [0.3, 0.4) is 0 Å². The SMILES string of the molecule is CCCCC[C@H](O)C=C[C@H]1[C@H](O)CC(=O)[C@@H]1CC(=O)OCCN1CCOCC1. The van der Waals surface area contributed by atoms with Crippen molar-refractivity contribution in [1.29, 1.82) is 0 Å². The van der Waals surface area contributed by atoms with Crippen molar-refractivity contribution >= 4 is 11.8 Å². The van der Waals surface area contributed by atoms with E-state index in [4.69, 9.17) is 9.47 Å². The third-order valence-electron chi connectivity index (χ3n) is 5.55. The first-order valence-corrected chi connectivity index (χ1v) is 10.5. The summed E-state index contributed by atoms with van der Waals surface area (Å²) in [7, 11) is 0. The van der Waals surface area contributed by atoms with Crippen LogP contribution >= 0.6 is 0 Å². The van der Waals surface area contributed by atoms with Gasteiger partial charge in [-0.25, -0.2) is 0 Å². The van der Waals surface area contributed by atoms with Crippen molar-refractivity contribution in [3.05, 3.63) is 12.2 Å². The van der Waals surface area contributed by atoms with Gasteiger partial charge in [0.25, 0.3) is 0 Å². The van der Waals surface area contributed by atoms with E-state index in [0.717, 1.165) is 32.4 Å². The second kappa shape index (κ2) is 12.3. The Morgan fingerprint density at radius 2 is 2.11 bits per heavy atom. The Balaban J connectivity index is 1.78. The van der Waals surface area contributed by atoms with Gasteiger partial charge >= 0.3 is 5.97 Å². The molecule has 28 heavy (non-hydrogen) atoms. The maximum Gasteiger partial charge on any atom is 0.306 e. The molecule has 2 N–H and O–H groups in total. The van der Waals surface area contributed by atoms with Crippen LogP contribution in [0.15, 0.2) is 12.2 Å². The Labute approximate surface area is 167 Å². The number of hydrogen-bond acceptors (Lipinski definition) is 7. The van der Waals surface area contributed by atoms with Crippen LogP contribution in [0.5, 0.6) is 0 Å². The molecule has 2 rings (SSSR count). The van der Waals surface area contributed by atoms with Crippen LogP contribution in [0.1, 0.15) is 45.4 Å². The average molecular weight is 398 g/mol. The minimum absolute atomic E-state index is 0.0278. The van der Waals surface area contributed by atoms with Gasteiger partial charge in [-0.3, -0.25) is 14.5 Å². The van der Waals surface area contributed by atoms with E-state index in [1.807, 2.05) is 0 Å². The highest BCUT2D eigenvalue weighted by Gasteiger charge is 2.41. The highest BCUT2D eigenvalue weighted by atomic mass is 16.5. The quantitative estimate of drug-likeness (QED) is 0.308. The smallest absolute Gasteiger partial charge is 0.306 e. The van der Waals surface area contributed by atoms with Crippen molar-refractivity contribution in [3.8, 4) is 0 Å². The molecule has 1 saturated heterocycles. The summed E-state index contributed by atoms with van der Waals surface area (Å²) in [6.45, 7) is 6.11. The van der Waals surface area contributed by atoms with E-state index in [-0.39, 0.29) is 18.6 Å². The largest absolute Gasteiger partial charge is 0.464 e. The summed E-state index contributed by atoms with van der Waals surface area (Å²) < 4.78 is 10.6. The van der Waals surface area contributed by atoms with Gasteiger partial charge in [0, 0.05) is 37.9 Å². The van der Waals surface area contributed by atoms with Crippen LogP contribution in [0, 0.1) is 11.8 Å². The molecule has 0 unspecified atom stereocenters. The lowest BCUT2D eigenvalue weighted by molar-refractivity contribution is -0.147. The van der Waals surface area contributed by atoms with E-state index in [0.29, 0.717) is 32.8 Å². The average Bonchev–Trinajstić information content (AvgIpc) is 2.94. The monoisotopic (exact) mass is 397 g/mol. The lowest BCUT2D eigenvalue weighted by Gasteiger charge is -2.26. The number of rotatable bonds is 11. The van der Waals surface area contributed by atoms with Crippen molar-refractivity contribution in [2.75, 3.05) is 39.5 Å². The second-order valence-corrected chi connectivity index (χ2v) is 7.75. The number of esters is 1. The summed E-state index contributed by atoms with van der Waals surface area (Å²) in [6, 6.07) is 0. The number of Topliss-reactive ketones (excluding diaryl/α,β-unsaturated/α-hetero) is 1. The summed E-state index contributed by atoms with van der Waals surface area (Å²) in [5, 5.41) is 20.2. The molecule has 7 heteroatoms.